The zero-order valence-electron chi connectivity index (χ0n) is 15.3. The molecule has 5 heterocycles. The Morgan fingerprint density at radius 1 is 1.15 bits per heavy atom. The van der Waals surface area contributed by atoms with Crippen molar-refractivity contribution in [1.29, 1.82) is 0 Å². The molecule has 26 heavy (non-hydrogen) atoms. The van der Waals surface area contributed by atoms with Crippen molar-refractivity contribution in [1.82, 2.24) is 19.8 Å². The number of hydrogen-bond acceptors (Lipinski definition) is 4. The standard InChI is InChI=1S/C21H26N4O/c1-15-20(23-14-22-15)13-24-9-16-6-7-18(11-24)25(10-16)12-19-8-17-4-2-3-5-21(17)26-19/h2-5,8,14,16,18H,6-7,9-13H2,1H3,(H,22,23)/t16-,18+/m0/s1. The molecule has 2 bridgehead atoms. The van der Waals surface area contributed by atoms with Gasteiger partial charge in [-0.3, -0.25) is 9.80 Å². The summed E-state index contributed by atoms with van der Waals surface area (Å²) in [5.41, 5.74) is 3.38. The number of aromatic nitrogens is 2. The molecule has 0 saturated carbocycles. The van der Waals surface area contributed by atoms with Crippen LogP contribution in [0.15, 0.2) is 41.1 Å². The molecule has 2 aromatic heterocycles. The predicted molar refractivity (Wildman–Crippen MR) is 102 cm³/mol. The van der Waals surface area contributed by atoms with Crippen molar-refractivity contribution < 1.29 is 4.42 Å². The molecule has 0 radical (unpaired) electrons. The highest BCUT2D eigenvalue weighted by Gasteiger charge is 2.35. The van der Waals surface area contributed by atoms with Crippen LogP contribution in [-0.2, 0) is 13.1 Å². The Morgan fingerprint density at radius 3 is 2.92 bits per heavy atom. The van der Waals surface area contributed by atoms with E-state index >= 15 is 0 Å². The van der Waals surface area contributed by atoms with Gasteiger partial charge in [0.1, 0.15) is 11.3 Å². The first-order valence-corrected chi connectivity index (χ1v) is 9.67. The molecule has 1 N–H and O–H groups in total. The van der Waals surface area contributed by atoms with Gasteiger partial charge in [-0.2, -0.15) is 0 Å². The lowest BCUT2D eigenvalue weighted by molar-refractivity contribution is 0.115. The second kappa shape index (κ2) is 6.56. The van der Waals surface area contributed by atoms with E-state index in [0.29, 0.717) is 6.04 Å². The van der Waals surface area contributed by atoms with Gasteiger partial charge in [-0.25, -0.2) is 4.98 Å². The molecule has 1 aromatic carbocycles. The molecule has 0 spiro atoms. The molecule has 3 aliphatic rings. The molecule has 5 nitrogen and oxygen atoms in total. The minimum absolute atomic E-state index is 0.612. The number of hydrogen-bond donors (Lipinski definition) is 1. The van der Waals surface area contributed by atoms with E-state index in [1.807, 2.05) is 12.4 Å². The summed E-state index contributed by atoms with van der Waals surface area (Å²) < 4.78 is 6.08. The number of furan rings is 1. The lowest BCUT2D eigenvalue weighted by Crippen LogP contribution is -2.43. The van der Waals surface area contributed by atoms with E-state index < -0.39 is 0 Å². The molecule has 2 atom stereocenters. The highest BCUT2D eigenvalue weighted by Crippen LogP contribution is 2.31. The van der Waals surface area contributed by atoms with Crippen LogP contribution in [0, 0.1) is 12.8 Å². The van der Waals surface area contributed by atoms with Crippen LogP contribution in [0.25, 0.3) is 11.0 Å². The number of aryl methyl sites for hydroxylation is 1. The maximum Gasteiger partial charge on any atom is 0.134 e. The van der Waals surface area contributed by atoms with Gasteiger partial charge in [-0.05, 0) is 37.8 Å². The first kappa shape index (κ1) is 16.1. The molecule has 3 aromatic rings. The Kier molecular flexibility index (Phi) is 4.06. The topological polar surface area (TPSA) is 48.3 Å². The van der Waals surface area contributed by atoms with E-state index in [4.69, 9.17) is 4.42 Å². The van der Waals surface area contributed by atoms with Gasteiger partial charge in [-0.1, -0.05) is 18.2 Å². The maximum atomic E-state index is 6.08. The number of benzene rings is 1. The van der Waals surface area contributed by atoms with Gasteiger partial charge < -0.3 is 9.40 Å². The minimum Gasteiger partial charge on any atom is -0.460 e. The summed E-state index contributed by atoms with van der Waals surface area (Å²) >= 11 is 0. The Balaban J connectivity index is 1.31. The number of imidazole rings is 1. The molecule has 136 valence electrons. The Hall–Kier alpha value is -2.11. The van der Waals surface area contributed by atoms with Crippen molar-refractivity contribution in [2.75, 3.05) is 19.6 Å². The van der Waals surface area contributed by atoms with Gasteiger partial charge in [0, 0.05) is 43.3 Å². The smallest absolute Gasteiger partial charge is 0.134 e. The fourth-order valence-electron chi connectivity index (χ4n) is 4.67. The Labute approximate surface area is 154 Å². The van der Waals surface area contributed by atoms with Crippen molar-refractivity contribution in [2.45, 2.75) is 38.9 Å². The van der Waals surface area contributed by atoms with E-state index in [-0.39, 0.29) is 0 Å². The van der Waals surface area contributed by atoms with Crippen LogP contribution in [0.5, 0.6) is 0 Å². The molecule has 3 fully saturated rings. The number of aromatic amines is 1. The Bertz CT molecular complexity index is 865. The number of nitrogens with one attached hydrogen (secondary N) is 1. The van der Waals surface area contributed by atoms with Crippen LogP contribution >= 0.6 is 0 Å². The van der Waals surface area contributed by atoms with Crippen LogP contribution < -0.4 is 0 Å². The molecular formula is C21H26N4O. The van der Waals surface area contributed by atoms with Crippen LogP contribution in [0.3, 0.4) is 0 Å². The molecule has 3 saturated heterocycles. The third-order valence-electron chi connectivity index (χ3n) is 6.05. The third-order valence-corrected chi connectivity index (χ3v) is 6.05. The molecule has 0 unspecified atom stereocenters. The van der Waals surface area contributed by atoms with Gasteiger partial charge in [0.2, 0.25) is 0 Å². The highest BCUT2D eigenvalue weighted by atomic mass is 16.3. The van der Waals surface area contributed by atoms with E-state index in [9.17, 15) is 0 Å². The van der Waals surface area contributed by atoms with E-state index in [1.54, 1.807) is 0 Å². The zero-order chi connectivity index (χ0) is 17.5. The van der Waals surface area contributed by atoms with E-state index in [1.165, 1.54) is 42.7 Å². The largest absolute Gasteiger partial charge is 0.460 e. The van der Waals surface area contributed by atoms with Crippen LogP contribution in [0.1, 0.15) is 30.0 Å². The molecule has 6 rings (SSSR count). The summed E-state index contributed by atoms with van der Waals surface area (Å²) in [6.45, 7) is 7.48. The van der Waals surface area contributed by atoms with E-state index in [0.717, 1.165) is 36.9 Å². The minimum atomic E-state index is 0.612. The molecule has 5 heteroatoms. The van der Waals surface area contributed by atoms with Crippen LogP contribution in [-0.4, -0.2) is 45.4 Å². The van der Waals surface area contributed by atoms with E-state index in [2.05, 4.69) is 51.0 Å². The number of fused-ring (bicyclic) bond motifs is 5. The predicted octanol–water partition coefficient (Wildman–Crippen LogP) is 3.56. The summed E-state index contributed by atoms with van der Waals surface area (Å²) in [6, 6.07) is 11.1. The summed E-state index contributed by atoms with van der Waals surface area (Å²) in [4.78, 5) is 12.9. The monoisotopic (exact) mass is 350 g/mol. The second-order valence-corrected chi connectivity index (χ2v) is 7.95. The molecule has 3 aliphatic heterocycles. The molecular weight excluding hydrogens is 324 g/mol. The van der Waals surface area contributed by atoms with Crippen molar-refractivity contribution >= 4 is 11.0 Å². The first-order chi connectivity index (χ1) is 12.7. The van der Waals surface area contributed by atoms with Gasteiger partial charge in [0.25, 0.3) is 0 Å². The zero-order valence-corrected chi connectivity index (χ0v) is 15.3. The quantitative estimate of drug-likeness (QED) is 0.782. The summed E-state index contributed by atoms with van der Waals surface area (Å²) in [5.74, 6) is 1.84. The maximum absolute atomic E-state index is 6.08. The normalized spacial score (nSPS) is 24.3. The summed E-state index contributed by atoms with van der Waals surface area (Å²) in [7, 11) is 0. The first-order valence-electron chi connectivity index (χ1n) is 9.67. The SMILES string of the molecule is Cc1[nH]cnc1CN1C[C@@H]2CC[C@H](C1)N(Cc1cc3ccccc3o1)C2. The summed E-state index contributed by atoms with van der Waals surface area (Å²) in [5, 5.41) is 1.21. The van der Waals surface area contributed by atoms with Gasteiger partial charge >= 0.3 is 0 Å². The van der Waals surface area contributed by atoms with Gasteiger partial charge in [0.15, 0.2) is 0 Å². The average molecular weight is 350 g/mol. The number of H-pyrrole nitrogens is 1. The van der Waals surface area contributed by atoms with Crippen molar-refractivity contribution in [3.8, 4) is 0 Å². The lowest BCUT2D eigenvalue weighted by Gasteiger charge is -2.35. The fourth-order valence-corrected chi connectivity index (χ4v) is 4.67. The second-order valence-electron chi connectivity index (χ2n) is 7.95. The van der Waals surface area contributed by atoms with Crippen molar-refractivity contribution in [3.05, 3.63) is 53.8 Å². The Morgan fingerprint density at radius 2 is 2.08 bits per heavy atom. The summed E-state index contributed by atoms with van der Waals surface area (Å²) in [6.07, 6.45) is 4.45. The molecule has 0 amide bonds. The number of piperidine rings is 1. The van der Waals surface area contributed by atoms with Crippen molar-refractivity contribution in [2.24, 2.45) is 5.92 Å². The van der Waals surface area contributed by atoms with Crippen LogP contribution in [0.4, 0.5) is 0 Å². The number of para-hydroxylation sites is 1. The lowest BCUT2D eigenvalue weighted by atomic mass is 9.95. The highest BCUT2D eigenvalue weighted by molar-refractivity contribution is 5.77. The van der Waals surface area contributed by atoms with Gasteiger partial charge in [0.05, 0.1) is 18.6 Å². The number of rotatable bonds is 4. The fraction of sp³-hybridized carbons (Fsp3) is 0.476. The van der Waals surface area contributed by atoms with Crippen molar-refractivity contribution in [3.63, 3.8) is 0 Å². The number of nitrogens with zero attached hydrogens (tertiary/aromatic N) is 3. The van der Waals surface area contributed by atoms with Crippen LogP contribution in [0.2, 0.25) is 0 Å². The molecule has 0 aliphatic carbocycles. The average Bonchev–Trinajstić information content (AvgIpc) is 3.11. The van der Waals surface area contributed by atoms with Gasteiger partial charge in [-0.15, -0.1) is 0 Å². The third kappa shape index (κ3) is 3.06.